The Morgan fingerprint density at radius 1 is 1.31 bits per heavy atom. The Morgan fingerprint density at radius 3 is 2.69 bits per heavy atom. The van der Waals surface area contributed by atoms with Crippen LogP contribution in [0.15, 0.2) is 5.38 Å². The molecule has 1 heterocycles. The van der Waals surface area contributed by atoms with E-state index in [4.69, 9.17) is 0 Å². The normalized spacial score (nSPS) is 11.2. The summed E-state index contributed by atoms with van der Waals surface area (Å²) in [7, 11) is 0. The molecule has 0 aliphatic rings. The van der Waals surface area contributed by atoms with Crippen LogP contribution in [-0.2, 0) is 13.1 Å². The highest BCUT2D eigenvalue weighted by Gasteiger charge is 2.05. The second-order valence-electron chi connectivity index (χ2n) is 3.87. The van der Waals surface area contributed by atoms with Gasteiger partial charge in [0.15, 0.2) is 0 Å². The zero-order valence-electron chi connectivity index (χ0n) is 10.6. The Bertz CT molecular complexity index is 282. The third-order valence-electron chi connectivity index (χ3n) is 2.59. The zero-order chi connectivity index (χ0) is 11.8. The summed E-state index contributed by atoms with van der Waals surface area (Å²) in [5.41, 5.74) is 1.18. The average molecular weight is 241 g/mol. The Morgan fingerprint density at radius 2 is 2.06 bits per heavy atom. The first kappa shape index (κ1) is 13.6. The first-order chi connectivity index (χ1) is 7.80. The van der Waals surface area contributed by atoms with Crippen molar-refractivity contribution in [3.8, 4) is 0 Å². The molecular formula is C12H23N3S. The van der Waals surface area contributed by atoms with Crippen LogP contribution in [-0.4, -0.2) is 29.5 Å². The van der Waals surface area contributed by atoms with E-state index in [-0.39, 0.29) is 0 Å². The Kier molecular flexibility index (Phi) is 6.61. The molecular weight excluding hydrogens is 218 g/mol. The maximum absolute atomic E-state index is 4.63. The van der Waals surface area contributed by atoms with Gasteiger partial charge in [-0.05, 0) is 26.1 Å². The highest BCUT2D eigenvalue weighted by Crippen LogP contribution is 2.12. The van der Waals surface area contributed by atoms with Crippen LogP contribution in [0.25, 0.3) is 0 Å². The lowest BCUT2D eigenvalue weighted by molar-refractivity contribution is 0.295. The molecule has 1 rings (SSSR count). The second-order valence-corrected chi connectivity index (χ2v) is 4.81. The first-order valence-electron chi connectivity index (χ1n) is 6.16. The maximum Gasteiger partial charge on any atom is 0.107 e. The molecule has 0 saturated heterocycles. The molecule has 4 heteroatoms. The summed E-state index contributed by atoms with van der Waals surface area (Å²) in [4.78, 5) is 7.02. The van der Waals surface area contributed by atoms with Crippen molar-refractivity contribution in [2.45, 2.75) is 40.3 Å². The van der Waals surface area contributed by atoms with E-state index in [0.29, 0.717) is 0 Å². The Balaban J connectivity index is 2.38. The lowest BCUT2D eigenvalue weighted by atomic mass is 10.4. The van der Waals surface area contributed by atoms with Crippen molar-refractivity contribution in [3.05, 3.63) is 16.1 Å². The van der Waals surface area contributed by atoms with Crippen LogP contribution < -0.4 is 5.32 Å². The first-order valence-corrected chi connectivity index (χ1v) is 7.04. The summed E-state index contributed by atoms with van der Waals surface area (Å²) in [6, 6.07) is 0. The van der Waals surface area contributed by atoms with Crippen molar-refractivity contribution >= 4 is 11.3 Å². The predicted molar refractivity (Wildman–Crippen MR) is 70.7 cm³/mol. The van der Waals surface area contributed by atoms with E-state index in [0.717, 1.165) is 32.7 Å². The monoisotopic (exact) mass is 241 g/mol. The van der Waals surface area contributed by atoms with Gasteiger partial charge in [0.05, 0.1) is 12.2 Å². The van der Waals surface area contributed by atoms with Crippen molar-refractivity contribution in [2.24, 2.45) is 0 Å². The van der Waals surface area contributed by atoms with Crippen LogP contribution in [0.2, 0.25) is 0 Å². The largest absolute Gasteiger partial charge is 0.311 e. The number of hydrogen-bond donors (Lipinski definition) is 1. The summed E-state index contributed by atoms with van der Waals surface area (Å²) in [5.74, 6) is 0. The van der Waals surface area contributed by atoms with Crippen LogP contribution >= 0.6 is 11.3 Å². The minimum absolute atomic E-state index is 0.905. The Hall–Kier alpha value is -0.450. The van der Waals surface area contributed by atoms with E-state index in [1.165, 1.54) is 17.1 Å². The molecule has 0 aliphatic carbocycles. The summed E-state index contributed by atoms with van der Waals surface area (Å²) >= 11 is 1.77. The van der Waals surface area contributed by atoms with Gasteiger partial charge in [0.1, 0.15) is 5.01 Å². The molecule has 0 unspecified atom stereocenters. The third-order valence-corrected chi connectivity index (χ3v) is 3.47. The van der Waals surface area contributed by atoms with Crippen molar-refractivity contribution in [3.63, 3.8) is 0 Å². The number of thiazole rings is 1. The zero-order valence-corrected chi connectivity index (χ0v) is 11.4. The molecule has 0 atom stereocenters. The fourth-order valence-electron chi connectivity index (χ4n) is 1.53. The van der Waals surface area contributed by atoms with Crippen LogP contribution in [0.5, 0.6) is 0 Å². The molecule has 0 amide bonds. The molecule has 1 aromatic rings. The number of nitrogens with one attached hydrogen (secondary N) is 1. The van der Waals surface area contributed by atoms with Gasteiger partial charge in [-0.15, -0.1) is 11.3 Å². The van der Waals surface area contributed by atoms with Crippen LogP contribution in [0, 0.1) is 0 Å². The molecule has 0 aliphatic heterocycles. The fraction of sp³-hybridized carbons (Fsp3) is 0.750. The van der Waals surface area contributed by atoms with E-state index in [1.54, 1.807) is 11.3 Å². The quantitative estimate of drug-likeness (QED) is 0.709. The molecule has 16 heavy (non-hydrogen) atoms. The fourth-order valence-corrected chi connectivity index (χ4v) is 2.37. The summed E-state index contributed by atoms with van der Waals surface area (Å²) < 4.78 is 0. The van der Waals surface area contributed by atoms with Crippen LogP contribution in [0.1, 0.15) is 37.9 Å². The lowest BCUT2D eigenvalue weighted by Crippen LogP contribution is -2.22. The number of nitrogens with zero attached hydrogens (tertiary/aromatic N) is 2. The lowest BCUT2D eigenvalue weighted by Gasteiger charge is -2.15. The van der Waals surface area contributed by atoms with Gasteiger partial charge in [-0.1, -0.05) is 20.8 Å². The van der Waals surface area contributed by atoms with Crippen molar-refractivity contribution in [2.75, 3.05) is 19.6 Å². The topological polar surface area (TPSA) is 28.2 Å². The van der Waals surface area contributed by atoms with Gasteiger partial charge in [-0.2, -0.15) is 0 Å². The second kappa shape index (κ2) is 7.76. The van der Waals surface area contributed by atoms with Gasteiger partial charge in [-0.25, -0.2) is 4.98 Å². The number of hydrogen-bond acceptors (Lipinski definition) is 4. The minimum atomic E-state index is 0.905. The van der Waals surface area contributed by atoms with Crippen molar-refractivity contribution in [1.82, 2.24) is 15.2 Å². The molecule has 0 saturated carbocycles. The highest BCUT2D eigenvalue weighted by molar-refractivity contribution is 7.09. The predicted octanol–water partition coefficient (Wildman–Crippen LogP) is 2.48. The van der Waals surface area contributed by atoms with Crippen LogP contribution in [0.3, 0.4) is 0 Å². The smallest absolute Gasteiger partial charge is 0.107 e. The Labute approximate surface area is 103 Å². The van der Waals surface area contributed by atoms with Gasteiger partial charge in [0.25, 0.3) is 0 Å². The average Bonchev–Trinajstić information content (AvgIpc) is 2.74. The minimum Gasteiger partial charge on any atom is -0.311 e. The standard InChI is InChI=1S/C12H23N3S/c1-4-7-13-8-11-10-16-12(14-11)9-15(5-2)6-3/h10,13H,4-9H2,1-3H3. The van der Waals surface area contributed by atoms with Gasteiger partial charge >= 0.3 is 0 Å². The van der Waals surface area contributed by atoms with Crippen molar-refractivity contribution < 1.29 is 0 Å². The van der Waals surface area contributed by atoms with Gasteiger partial charge < -0.3 is 5.32 Å². The molecule has 0 spiro atoms. The van der Waals surface area contributed by atoms with E-state index in [1.807, 2.05) is 0 Å². The van der Waals surface area contributed by atoms with E-state index in [2.05, 4.69) is 41.4 Å². The molecule has 0 aromatic carbocycles. The maximum atomic E-state index is 4.63. The summed E-state index contributed by atoms with van der Waals surface area (Å²) in [6.45, 7) is 11.7. The van der Waals surface area contributed by atoms with Gasteiger partial charge in [-0.3, -0.25) is 4.90 Å². The van der Waals surface area contributed by atoms with Crippen molar-refractivity contribution in [1.29, 1.82) is 0 Å². The summed E-state index contributed by atoms with van der Waals surface area (Å²) in [6.07, 6.45) is 1.18. The molecule has 3 nitrogen and oxygen atoms in total. The number of aromatic nitrogens is 1. The molecule has 1 N–H and O–H groups in total. The van der Waals surface area contributed by atoms with Gasteiger partial charge in [0.2, 0.25) is 0 Å². The molecule has 92 valence electrons. The highest BCUT2D eigenvalue weighted by atomic mass is 32.1. The molecule has 0 radical (unpaired) electrons. The molecule has 0 bridgehead atoms. The summed E-state index contributed by atoms with van der Waals surface area (Å²) in [5, 5.41) is 6.78. The van der Waals surface area contributed by atoms with E-state index in [9.17, 15) is 0 Å². The molecule has 0 fully saturated rings. The van der Waals surface area contributed by atoms with E-state index < -0.39 is 0 Å². The van der Waals surface area contributed by atoms with Gasteiger partial charge in [0, 0.05) is 11.9 Å². The van der Waals surface area contributed by atoms with E-state index >= 15 is 0 Å². The SMILES string of the molecule is CCCNCc1csc(CN(CC)CC)n1. The van der Waals surface area contributed by atoms with Crippen LogP contribution in [0.4, 0.5) is 0 Å². The third kappa shape index (κ3) is 4.60. The number of rotatable bonds is 8. The molecule has 1 aromatic heterocycles.